The topological polar surface area (TPSA) is 108 Å². The fourth-order valence-electron chi connectivity index (χ4n) is 2.52. The molecule has 1 aliphatic carbocycles. The molecule has 0 saturated heterocycles. The molecule has 0 atom stereocenters. The van der Waals surface area contributed by atoms with E-state index in [2.05, 4.69) is 10.6 Å². The van der Waals surface area contributed by atoms with Crippen LogP contribution in [0.5, 0.6) is 0 Å². The second-order valence-corrected chi connectivity index (χ2v) is 6.45. The van der Waals surface area contributed by atoms with Crippen LogP contribution >= 0.6 is 11.3 Å². The van der Waals surface area contributed by atoms with Crippen LogP contribution in [0.25, 0.3) is 0 Å². The lowest BCUT2D eigenvalue weighted by molar-refractivity contribution is -0.147. The minimum absolute atomic E-state index is 0.0296. The lowest BCUT2D eigenvalue weighted by atomic mass is 9.89. The molecule has 1 aromatic heterocycles. The largest absolute Gasteiger partial charge is 0.454 e. The first-order valence-electron chi connectivity index (χ1n) is 7.81. The molecule has 128 valence electrons. The van der Waals surface area contributed by atoms with Gasteiger partial charge in [0.1, 0.15) is 17.6 Å². The summed E-state index contributed by atoms with van der Waals surface area (Å²) in [5.74, 6) is -1.35. The Morgan fingerprint density at radius 1 is 1.29 bits per heavy atom. The highest BCUT2D eigenvalue weighted by Gasteiger charge is 2.21. The van der Waals surface area contributed by atoms with Crippen LogP contribution in [0.1, 0.15) is 37.7 Å². The molecular formula is C16H19N3O4S. The molecule has 1 aromatic rings. The quantitative estimate of drug-likeness (QED) is 0.761. The molecule has 0 bridgehead atoms. The van der Waals surface area contributed by atoms with Gasteiger partial charge in [-0.2, -0.15) is 5.26 Å². The zero-order chi connectivity index (χ0) is 17.4. The molecule has 24 heavy (non-hydrogen) atoms. The monoisotopic (exact) mass is 349 g/mol. The molecule has 1 saturated carbocycles. The molecule has 0 radical (unpaired) electrons. The smallest absolute Gasteiger partial charge is 0.325 e. The van der Waals surface area contributed by atoms with E-state index in [1.807, 2.05) is 6.07 Å². The van der Waals surface area contributed by atoms with Crippen LogP contribution in [0, 0.1) is 17.2 Å². The first-order chi connectivity index (χ1) is 11.6. The Hall–Kier alpha value is -2.40. The Morgan fingerprint density at radius 3 is 2.75 bits per heavy atom. The maximum Gasteiger partial charge on any atom is 0.325 e. The number of nitrogens with one attached hydrogen (secondary N) is 2. The number of nitrogens with zero attached hydrogens (tertiary/aromatic N) is 1. The van der Waals surface area contributed by atoms with Crippen molar-refractivity contribution < 1.29 is 19.1 Å². The fourth-order valence-corrected chi connectivity index (χ4v) is 3.28. The molecule has 2 N–H and O–H groups in total. The van der Waals surface area contributed by atoms with E-state index < -0.39 is 18.5 Å². The number of hydrogen-bond acceptors (Lipinski definition) is 6. The molecule has 7 nitrogen and oxygen atoms in total. The number of anilines is 1. The van der Waals surface area contributed by atoms with Gasteiger partial charge in [-0.3, -0.25) is 14.4 Å². The summed E-state index contributed by atoms with van der Waals surface area (Å²) < 4.78 is 4.82. The van der Waals surface area contributed by atoms with Crippen molar-refractivity contribution in [3.63, 3.8) is 0 Å². The second-order valence-electron chi connectivity index (χ2n) is 5.54. The minimum Gasteiger partial charge on any atom is -0.454 e. The number of nitriles is 1. The van der Waals surface area contributed by atoms with Gasteiger partial charge in [-0.25, -0.2) is 0 Å². The first kappa shape index (κ1) is 17.9. The summed E-state index contributed by atoms with van der Waals surface area (Å²) in [6.45, 7) is -0.702. The maximum atomic E-state index is 11.9. The standard InChI is InChI=1S/C16H19N3O4S/c17-8-12-6-7-24-16(12)19-13(20)10-23-14(21)9-18-15(22)11-4-2-1-3-5-11/h6-7,11H,1-5,9-10H2,(H,18,22)(H,19,20). The van der Waals surface area contributed by atoms with Gasteiger partial charge in [0.25, 0.3) is 5.91 Å². The first-order valence-corrected chi connectivity index (χ1v) is 8.69. The fraction of sp³-hybridized carbons (Fsp3) is 0.500. The third kappa shape index (κ3) is 5.35. The zero-order valence-electron chi connectivity index (χ0n) is 13.2. The van der Waals surface area contributed by atoms with E-state index in [1.165, 1.54) is 11.3 Å². The highest BCUT2D eigenvalue weighted by Crippen LogP contribution is 2.23. The molecule has 0 aliphatic heterocycles. The van der Waals surface area contributed by atoms with Crippen molar-refractivity contribution in [3.8, 4) is 6.07 Å². The van der Waals surface area contributed by atoms with Crippen molar-refractivity contribution in [2.45, 2.75) is 32.1 Å². The summed E-state index contributed by atoms with van der Waals surface area (Å²) in [7, 11) is 0. The van der Waals surface area contributed by atoms with Crippen LogP contribution < -0.4 is 10.6 Å². The van der Waals surface area contributed by atoms with Gasteiger partial charge in [0.15, 0.2) is 6.61 Å². The van der Waals surface area contributed by atoms with Crippen molar-refractivity contribution in [2.75, 3.05) is 18.5 Å². The lowest BCUT2D eigenvalue weighted by Gasteiger charge is -2.20. The van der Waals surface area contributed by atoms with E-state index in [4.69, 9.17) is 10.00 Å². The van der Waals surface area contributed by atoms with Crippen LogP contribution in [-0.2, 0) is 19.1 Å². The van der Waals surface area contributed by atoms with Crippen molar-refractivity contribution in [1.29, 1.82) is 5.26 Å². The van der Waals surface area contributed by atoms with Crippen LogP contribution in [0.4, 0.5) is 5.00 Å². The molecule has 1 aliphatic rings. The van der Waals surface area contributed by atoms with Crippen LogP contribution in [0.2, 0.25) is 0 Å². The summed E-state index contributed by atoms with van der Waals surface area (Å²) in [5, 5.41) is 16.0. The zero-order valence-corrected chi connectivity index (χ0v) is 14.0. The number of hydrogen-bond donors (Lipinski definition) is 2. The SMILES string of the molecule is N#Cc1ccsc1NC(=O)COC(=O)CNC(=O)C1CCCCC1. The Labute approximate surface area is 144 Å². The van der Waals surface area contributed by atoms with E-state index in [1.54, 1.807) is 11.4 Å². The van der Waals surface area contributed by atoms with Crippen molar-refractivity contribution >= 4 is 34.1 Å². The number of amides is 2. The van der Waals surface area contributed by atoms with Gasteiger partial charge >= 0.3 is 5.97 Å². The van der Waals surface area contributed by atoms with Crippen molar-refractivity contribution in [2.24, 2.45) is 5.92 Å². The van der Waals surface area contributed by atoms with E-state index in [0.29, 0.717) is 10.6 Å². The number of thiophene rings is 1. The lowest BCUT2D eigenvalue weighted by Crippen LogP contribution is -2.36. The van der Waals surface area contributed by atoms with Crippen LogP contribution in [0.3, 0.4) is 0 Å². The average Bonchev–Trinajstić information content (AvgIpc) is 3.05. The average molecular weight is 349 g/mol. The molecule has 1 heterocycles. The number of carbonyl (C=O) groups is 3. The number of carbonyl (C=O) groups excluding carboxylic acids is 3. The van der Waals surface area contributed by atoms with Gasteiger partial charge in [-0.05, 0) is 24.3 Å². The highest BCUT2D eigenvalue weighted by atomic mass is 32.1. The molecule has 0 aromatic carbocycles. The second kappa shape index (κ2) is 9.03. The molecule has 0 unspecified atom stereocenters. The summed E-state index contributed by atoms with van der Waals surface area (Å²) >= 11 is 1.21. The number of ether oxygens (including phenoxy) is 1. The van der Waals surface area contributed by atoms with Crippen LogP contribution in [0.15, 0.2) is 11.4 Å². The Kier molecular flexibility index (Phi) is 6.75. The molecular weight excluding hydrogens is 330 g/mol. The van der Waals surface area contributed by atoms with Gasteiger partial charge in [0.05, 0.1) is 5.56 Å². The molecule has 1 fully saturated rings. The van der Waals surface area contributed by atoms with E-state index >= 15 is 0 Å². The third-order valence-corrected chi connectivity index (χ3v) is 4.62. The third-order valence-electron chi connectivity index (χ3n) is 3.79. The molecule has 0 spiro atoms. The molecule has 2 rings (SSSR count). The van der Waals surface area contributed by atoms with E-state index in [-0.39, 0.29) is 18.4 Å². The van der Waals surface area contributed by atoms with Gasteiger partial charge in [-0.15, -0.1) is 11.3 Å². The van der Waals surface area contributed by atoms with E-state index in [9.17, 15) is 14.4 Å². The molecule has 2 amide bonds. The van der Waals surface area contributed by atoms with E-state index in [0.717, 1.165) is 32.1 Å². The Bertz CT molecular complexity index is 644. The normalized spacial score (nSPS) is 14.5. The summed E-state index contributed by atoms with van der Waals surface area (Å²) in [6.07, 6.45) is 4.93. The molecule has 8 heteroatoms. The minimum atomic E-state index is -0.666. The van der Waals surface area contributed by atoms with Gasteiger partial charge < -0.3 is 15.4 Å². The number of rotatable bonds is 6. The predicted octanol–water partition coefficient (Wildman–Crippen LogP) is 1.80. The Morgan fingerprint density at radius 2 is 2.04 bits per heavy atom. The van der Waals surface area contributed by atoms with Crippen LogP contribution in [-0.4, -0.2) is 30.9 Å². The maximum absolute atomic E-state index is 11.9. The van der Waals surface area contributed by atoms with Gasteiger partial charge in [0.2, 0.25) is 5.91 Å². The Balaban J connectivity index is 1.66. The summed E-state index contributed by atoms with van der Waals surface area (Å²) in [5.41, 5.74) is 0.361. The highest BCUT2D eigenvalue weighted by molar-refractivity contribution is 7.14. The van der Waals surface area contributed by atoms with Crippen molar-refractivity contribution in [3.05, 3.63) is 17.0 Å². The summed E-state index contributed by atoms with van der Waals surface area (Å²) in [4.78, 5) is 35.2. The van der Waals surface area contributed by atoms with Gasteiger partial charge in [0, 0.05) is 5.92 Å². The summed E-state index contributed by atoms with van der Waals surface area (Å²) in [6, 6.07) is 3.54. The predicted molar refractivity (Wildman–Crippen MR) is 88.2 cm³/mol. The van der Waals surface area contributed by atoms with Gasteiger partial charge in [-0.1, -0.05) is 19.3 Å². The van der Waals surface area contributed by atoms with Crippen molar-refractivity contribution in [1.82, 2.24) is 5.32 Å². The number of esters is 1.